The molecule has 1 saturated heterocycles. The van der Waals surface area contributed by atoms with Crippen LogP contribution in [0, 0.1) is 17.2 Å². The molecule has 5 aromatic rings. The Morgan fingerprint density at radius 2 is 1.51 bits per heavy atom. The van der Waals surface area contributed by atoms with Gasteiger partial charge >= 0.3 is 0 Å². The van der Waals surface area contributed by atoms with Crippen molar-refractivity contribution in [3.8, 4) is 17.6 Å². The average molecular weight is 914 g/mol. The second-order valence-electron chi connectivity index (χ2n) is 16.2. The number of benzene rings is 3. The quantitative estimate of drug-likeness (QED) is 0.0376. The number of imidazole rings is 1. The van der Waals surface area contributed by atoms with Gasteiger partial charge in [0.25, 0.3) is 14.1 Å². The molecule has 2 aromatic heterocycles. The number of carbonyl (C=O) groups is 1. The molecular weight excluding hydrogens is 854 g/mol. The largest absolute Gasteiger partial charge is 0.497 e. The highest BCUT2D eigenvalue weighted by Crippen LogP contribution is 2.51. The summed E-state index contributed by atoms with van der Waals surface area (Å²) in [7, 11) is 2.97. The summed E-state index contributed by atoms with van der Waals surface area (Å²) in [6.45, 7) is 12.1. The summed E-state index contributed by atoms with van der Waals surface area (Å²) in [5.41, 5.74) is 0.841. The number of hydrogen-bond acceptors (Lipinski definition) is 14. The highest BCUT2D eigenvalue weighted by Gasteiger charge is 2.52. The zero-order valence-electron chi connectivity index (χ0n) is 38.4. The fourth-order valence-electron chi connectivity index (χ4n) is 7.75. The number of rotatable bonds is 23. The van der Waals surface area contributed by atoms with Crippen molar-refractivity contribution in [3.63, 3.8) is 0 Å². The molecule has 1 amide bonds. The number of methoxy groups -OCH3 is 3. The van der Waals surface area contributed by atoms with Gasteiger partial charge in [-0.3, -0.25) is 24.5 Å². The van der Waals surface area contributed by atoms with E-state index < -0.39 is 44.2 Å². The summed E-state index contributed by atoms with van der Waals surface area (Å²) in [5, 5.41) is 12.2. The number of nitrogens with one attached hydrogen (secondary N) is 2. The maximum absolute atomic E-state index is 13.5. The van der Waals surface area contributed by atoms with Gasteiger partial charge in [-0.2, -0.15) is 10.2 Å². The van der Waals surface area contributed by atoms with Crippen LogP contribution in [0.3, 0.4) is 0 Å². The third-order valence-electron chi connectivity index (χ3n) is 10.9. The number of ether oxygens (including phenoxy) is 6. The van der Waals surface area contributed by atoms with Gasteiger partial charge in [-0.15, -0.1) is 0 Å². The maximum atomic E-state index is 13.5. The standard InChI is InChI=1S/C47H60N7O10P/c1-30(2)43(55)51-46-50-42-39(44(56)52-46)49-29-53(42)45-41(60-27-26-57-7)40(64-65(62-25-13-24-48)54(31(3)4)32(5)6)38(63-45)28-61-47(33-14-11-10-12-15-33,34-16-20-36(58-8)21-17-34)35-18-22-37(59-9)23-19-35/h10-12,14-23,29-32,38,40-41,45H,13,25-28H2,1-9H3,(H2,50,51,52,55,56)/t38-,40-,41-,45-,65?/m1/s1. The number of amides is 1. The van der Waals surface area contributed by atoms with Crippen LogP contribution in [-0.2, 0) is 38.4 Å². The average Bonchev–Trinajstić information content (AvgIpc) is 3.88. The smallest absolute Gasteiger partial charge is 0.280 e. The lowest BCUT2D eigenvalue weighted by atomic mass is 9.80. The lowest BCUT2D eigenvalue weighted by Gasteiger charge is -2.39. The van der Waals surface area contributed by atoms with Crippen LogP contribution >= 0.6 is 8.53 Å². The third kappa shape index (κ3) is 11.2. The minimum absolute atomic E-state index is 0.0206. The van der Waals surface area contributed by atoms with E-state index >= 15 is 0 Å². The van der Waals surface area contributed by atoms with Gasteiger partial charge < -0.3 is 37.5 Å². The lowest BCUT2D eigenvalue weighted by Crippen LogP contribution is -2.43. The van der Waals surface area contributed by atoms with E-state index in [0.717, 1.165) is 16.7 Å². The molecule has 348 valence electrons. The summed E-state index contributed by atoms with van der Waals surface area (Å²) in [5.74, 6) is 0.594. The summed E-state index contributed by atoms with van der Waals surface area (Å²) in [6.07, 6.45) is -2.07. The number of aromatic nitrogens is 4. The molecule has 0 spiro atoms. The Kier molecular flexibility index (Phi) is 17.2. The van der Waals surface area contributed by atoms with Crippen LogP contribution in [-0.4, -0.2) is 108 Å². The molecule has 17 nitrogen and oxygen atoms in total. The van der Waals surface area contributed by atoms with E-state index in [9.17, 15) is 14.9 Å². The first-order valence-corrected chi connectivity index (χ1v) is 22.8. The first kappa shape index (κ1) is 49.2. The van der Waals surface area contributed by atoms with Crippen molar-refractivity contribution in [1.82, 2.24) is 24.2 Å². The fraction of sp³-hybridized carbons (Fsp3) is 0.468. The first-order chi connectivity index (χ1) is 31.4. The third-order valence-corrected chi connectivity index (χ3v) is 13.0. The van der Waals surface area contributed by atoms with Gasteiger partial charge in [-0.25, -0.2) is 9.65 Å². The minimum Gasteiger partial charge on any atom is -0.497 e. The number of anilines is 1. The summed E-state index contributed by atoms with van der Waals surface area (Å²) in [4.78, 5) is 38.0. The van der Waals surface area contributed by atoms with Gasteiger partial charge in [0.15, 0.2) is 17.4 Å². The van der Waals surface area contributed by atoms with Crippen molar-refractivity contribution in [2.75, 3.05) is 53.1 Å². The SMILES string of the molecule is COCCO[C@@H]1[C@H](OP(OCCC#N)N(C(C)C)C(C)C)[C@@H](COC(c2ccccc2)(c2ccc(OC)cc2)c2ccc(OC)cc2)O[C@H]1n1cnc2c(=O)[nH]c(NC(=O)C(C)C)nc21. The van der Waals surface area contributed by atoms with E-state index in [4.69, 9.17) is 37.5 Å². The maximum Gasteiger partial charge on any atom is 0.280 e. The van der Waals surface area contributed by atoms with E-state index in [1.54, 1.807) is 39.7 Å². The van der Waals surface area contributed by atoms with Gasteiger partial charge in [0.05, 0.1) is 59.5 Å². The molecular formula is C47H60N7O10P. The Balaban J connectivity index is 1.53. The molecule has 1 aliphatic rings. The number of nitrogens with zero attached hydrogens (tertiary/aromatic N) is 5. The molecule has 1 aliphatic heterocycles. The molecule has 1 unspecified atom stereocenters. The summed E-state index contributed by atoms with van der Waals surface area (Å²) >= 11 is 0. The Morgan fingerprint density at radius 3 is 2.06 bits per heavy atom. The fourth-order valence-corrected chi connectivity index (χ4v) is 9.52. The molecule has 6 rings (SSSR count). The van der Waals surface area contributed by atoms with E-state index in [0.29, 0.717) is 11.5 Å². The van der Waals surface area contributed by atoms with Crippen LogP contribution in [0.2, 0.25) is 0 Å². The van der Waals surface area contributed by atoms with Gasteiger partial charge in [-0.05, 0) is 68.7 Å². The highest BCUT2D eigenvalue weighted by atomic mass is 31.2. The highest BCUT2D eigenvalue weighted by molar-refractivity contribution is 7.44. The topological polar surface area (TPSA) is 194 Å². The lowest BCUT2D eigenvalue weighted by molar-refractivity contribution is -0.118. The molecule has 5 atom stereocenters. The minimum atomic E-state index is -1.85. The van der Waals surface area contributed by atoms with Gasteiger partial charge in [0.2, 0.25) is 11.9 Å². The zero-order chi connectivity index (χ0) is 46.7. The van der Waals surface area contributed by atoms with E-state index in [-0.39, 0.29) is 73.9 Å². The molecule has 0 saturated carbocycles. The predicted octanol–water partition coefficient (Wildman–Crippen LogP) is 7.33. The Morgan fingerprint density at radius 1 is 0.892 bits per heavy atom. The van der Waals surface area contributed by atoms with Crippen molar-refractivity contribution < 1.29 is 42.3 Å². The van der Waals surface area contributed by atoms with E-state index in [2.05, 4.69) is 58.7 Å². The normalized spacial score (nSPS) is 18.2. The number of nitriles is 1. The Labute approximate surface area is 381 Å². The molecule has 0 radical (unpaired) electrons. The number of fused-ring (bicyclic) bond motifs is 1. The Bertz CT molecular complexity index is 2330. The van der Waals surface area contributed by atoms with Crippen LogP contribution in [0.15, 0.2) is 90.0 Å². The van der Waals surface area contributed by atoms with Crippen molar-refractivity contribution in [1.29, 1.82) is 5.26 Å². The Hall–Kier alpha value is -5.28. The summed E-state index contributed by atoms with van der Waals surface area (Å²) < 4.78 is 55.2. The van der Waals surface area contributed by atoms with Gasteiger partial charge in [0.1, 0.15) is 35.4 Å². The molecule has 65 heavy (non-hydrogen) atoms. The van der Waals surface area contributed by atoms with Crippen LogP contribution in [0.1, 0.15) is 70.9 Å². The number of carbonyl (C=O) groups excluding carboxylic acids is 1. The first-order valence-electron chi connectivity index (χ1n) is 21.6. The van der Waals surface area contributed by atoms with Crippen molar-refractivity contribution in [2.45, 2.75) is 90.2 Å². The second kappa shape index (κ2) is 22.8. The van der Waals surface area contributed by atoms with E-state index in [1.165, 1.54) is 6.33 Å². The van der Waals surface area contributed by atoms with Crippen LogP contribution in [0.25, 0.3) is 11.2 Å². The molecule has 2 N–H and O–H groups in total. The monoisotopic (exact) mass is 913 g/mol. The molecule has 1 fully saturated rings. The van der Waals surface area contributed by atoms with Crippen LogP contribution in [0.5, 0.6) is 11.5 Å². The molecule has 3 aromatic carbocycles. The van der Waals surface area contributed by atoms with Crippen LogP contribution in [0.4, 0.5) is 5.95 Å². The zero-order valence-corrected chi connectivity index (χ0v) is 39.3. The molecule has 0 aliphatic carbocycles. The molecule has 18 heteroatoms. The molecule has 0 bridgehead atoms. The van der Waals surface area contributed by atoms with Gasteiger partial charge in [-0.1, -0.05) is 68.4 Å². The second-order valence-corrected chi connectivity index (χ2v) is 17.6. The van der Waals surface area contributed by atoms with E-state index in [1.807, 2.05) is 78.9 Å². The van der Waals surface area contributed by atoms with Gasteiger partial charge in [0, 0.05) is 25.1 Å². The predicted molar refractivity (Wildman–Crippen MR) is 245 cm³/mol. The van der Waals surface area contributed by atoms with Crippen LogP contribution < -0.4 is 20.3 Å². The summed E-state index contributed by atoms with van der Waals surface area (Å²) in [6, 6.07) is 27.5. The number of H-pyrrole nitrogens is 1. The molecule has 3 heterocycles. The van der Waals surface area contributed by atoms with Crippen molar-refractivity contribution in [2.24, 2.45) is 5.92 Å². The van der Waals surface area contributed by atoms with Crippen molar-refractivity contribution >= 4 is 31.5 Å². The number of aromatic amines is 1. The number of hydrogen-bond donors (Lipinski definition) is 2. The van der Waals surface area contributed by atoms with Crippen molar-refractivity contribution in [3.05, 3.63) is 112 Å².